The summed E-state index contributed by atoms with van der Waals surface area (Å²) in [5, 5.41) is 14.8. The summed E-state index contributed by atoms with van der Waals surface area (Å²) in [6.45, 7) is 1.17. The van der Waals surface area contributed by atoms with Crippen LogP contribution in [0.2, 0.25) is 0 Å². The van der Waals surface area contributed by atoms with Gasteiger partial charge < -0.3 is 15.3 Å². The summed E-state index contributed by atoms with van der Waals surface area (Å²) in [6, 6.07) is 17.0. The molecule has 2 amide bonds. The van der Waals surface area contributed by atoms with Crippen LogP contribution in [0.15, 0.2) is 71.8 Å². The molecule has 2 N–H and O–H groups in total. The maximum Gasteiger partial charge on any atom is 0.317 e. The van der Waals surface area contributed by atoms with Crippen LogP contribution < -0.4 is 10.9 Å². The zero-order valence-corrected chi connectivity index (χ0v) is 20.2. The van der Waals surface area contributed by atoms with Crippen LogP contribution in [0.5, 0.6) is 0 Å². The Hall–Kier alpha value is -3.52. The third-order valence-electron chi connectivity index (χ3n) is 7.84. The Balaban J connectivity index is 1.31. The summed E-state index contributed by atoms with van der Waals surface area (Å²) in [6.07, 6.45) is 5.42. The highest BCUT2D eigenvalue weighted by Crippen LogP contribution is 2.51. The van der Waals surface area contributed by atoms with Gasteiger partial charge in [-0.15, -0.1) is 0 Å². The van der Waals surface area contributed by atoms with E-state index in [0.29, 0.717) is 30.8 Å². The minimum atomic E-state index is -1.12. The number of aromatic nitrogens is 2. The SMILES string of the molecule is O=C(NCc1cccc(F)c1)N1CCC(O)(Cn2cnc(-c3ccccc3)cc2=O)C2(CCCC2)C1. The van der Waals surface area contributed by atoms with Crippen molar-refractivity contribution in [2.24, 2.45) is 5.41 Å². The number of likely N-dealkylation sites (tertiary alicyclic amines) is 1. The number of benzene rings is 2. The number of rotatable bonds is 5. The molecule has 1 saturated carbocycles. The highest BCUT2D eigenvalue weighted by molar-refractivity contribution is 5.74. The molecule has 1 aliphatic heterocycles. The molecule has 1 aliphatic carbocycles. The summed E-state index contributed by atoms with van der Waals surface area (Å²) >= 11 is 0. The van der Waals surface area contributed by atoms with E-state index in [2.05, 4.69) is 10.3 Å². The van der Waals surface area contributed by atoms with Gasteiger partial charge in [0.05, 0.1) is 24.2 Å². The van der Waals surface area contributed by atoms with Gasteiger partial charge in [0.25, 0.3) is 5.56 Å². The molecule has 2 heterocycles. The molecule has 0 bridgehead atoms. The predicted molar refractivity (Wildman–Crippen MR) is 135 cm³/mol. The van der Waals surface area contributed by atoms with Crippen LogP contribution in [-0.4, -0.2) is 44.3 Å². The molecule has 1 atom stereocenters. The van der Waals surface area contributed by atoms with Crippen molar-refractivity contribution in [3.63, 3.8) is 0 Å². The number of urea groups is 1. The topological polar surface area (TPSA) is 87.5 Å². The Labute approximate surface area is 209 Å². The number of nitrogens with one attached hydrogen (secondary N) is 1. The molecule has 2 aliphatic rings. The van der Waals surface area contributed by atoms with E-state index in [0.717, 1.165) is 31.2 Å². The predicted octanol–water partition coefficient (Wildman–Crippen LogP) is 3.96. The van der Waals surface area contributed by atoms with Gasteiger partial charge in [-0.05, 0) is 37.0 Å². The summed E-state index contributed by atoms with van der Waals surface area (Å²) in [7, 11) is 0. The Morgan fingerprint density at radius 2 is 1.83 bits per heavy atom. The molecule has 5 rings (SSSR count). The molecule has 1 aromatic heterocycles. The summed E-state index contributed by atoms with van der Waals surface area (Å²) in [5.41, 5.74) is 0.343. The van der Waals surface area contributed by atoms with E-state index in [-0.39, 0.29) is 30.5 Å². The molecule has 188 valence electrons. The van der Waals surface area contributed by atoms with Gasteiger partial charge in [0, 0.05) is 36.7 Å². The normalized spacial score (nSPS) is 21.0. The molecule has 7 nitrogen and oxygen atoms in total. The lowest BCUT2D eigenvalue weighted by atomic mass is 9.66. The quantitative estimate of drug-likeness (QED) is 0.567. The van der Waals surface area contributed by atoms with E-state index in [1.54, 1.807) is 17.0 Å². The first-order chi connectivity index (χ1) is 17.4. The van der Waals surface area contributed by atoms with Gasteiger partial charge in [-0.2, -0.15) is 0 Å². The fourth-order valence-electron chi connectivity index (χ4n) is 5.80. The van der Waals surface area contributed by atoms with Crippen LogP contribution in [0.25, 0.3) is 11.3 Å². The van der Waals surface area contributed by atoms with E-state index in [9.17, 15) is 19.1 Å². The molecule has 3 aromatic rings. The number of carbonyl (C=O) groups is 1. The zero-order valence-electron chi connectivity index (χ0n) is 20.2. The third-order valence-corrected chi connectivity index (χ3v) is 7.84. The van der Waals surface area contributed by atoms with E-state index in [1.807, 2.05) is 30.3 Å². The summed E-state index contributed by atoms with van der Waals surface area (Å²) in [5.74, 6) is -0.337. The van der Waals surface area contributed by atoms with Gasteiger partial charge in [-0.25, -0.2) is 14.2 Å². The van der Waals surface area contributed by atoms with Crippen molar-refractivity contribution in [3.05, 3.63) is 88.7 Å². The monoisotopic (exact) mass is 490 g/mol. The molecule has 1 spiro atoms. The zero-order chi connectivity index (χ0) is 25.2. The molecule has 2 aromatic carbocycles. The van der Waals surface area contributed by atoms with Gasteiger partial charge in [0.1, 0.15) is 5.82 Å². The number of piperidine rings is 1. The lowest BCUT2D eigenvalue weighted by Gasteiger charge is -2.52. The van der Waals surface area contributed by atoms with Crippen molar-refractivity contribution in [2.45, 2.75) is 50.8 Å². The Bertz CT molecular complexity index is 1290. The molecular weight excluding hydrogens is 459 g/mol. The Kier molecular flexibility index (Phi) is 6.62. The van der Waals surface area contributed by atoms with Gasteiger partial charge >= 0.3 is 6.03 Å². The lowest BCUT2D eigenvalue weighted by Crippen LogP contribution is -2.63. The van der Waals surface area contributed by atoms with E-state index in [1.165, 1.54) is 29.1 Å². The van der Waals surface area contributed by atoms with Crippen LogP contribution in [-0.2, 0) is 13.1 Å². The third kappa shape index (κ3) is 4.78. The summed E-state index contributed by atoms with van der Waals surface area (Å²) < 4.78 is 15.0. The maximum atomic E-state index is 13.5. The maximum absolute atomic E-state index is 13.5. The smallest absolute Gasteiger partial charge is 0.317 e. The van der Waals surface area contributed by atoms with Gasteiger partial charge in [-0.1, -0.05) is 55.3 Å². The van der Waals surface area contributed by atoms with Crippen molar-refractivity contribution < 1.29 is 14.3 Å². The molecule has 0 radical (unpaired) electrons. The van der Waals surface area contributed by atoms with Crippen LogP contribution >= 0.6 is 0 Å². The first-order valence-electron chi connectivity index (χ1n) is 12.5. The van der Waals surface area contributed by atoms with Crippen molar-refractivity contribution in [1.29, 1.82) is 0 Å². The Morgan fingerprint density at radius 3 is 2.56 bits per heavy atom. The molecule has 2 fully saturated rings. The van der Waals surface area contributed by atoms with Crippen LogP contribution in [0, 0.1) is 11.2 Å². The number of nitrogens with zero attached hydrogens (tertiary/aromatic N) is 3. The number of hydrogen-bond acceptors (Lipinski definition) is 4. The number of carbonyl (C=O) groups excluding carboxylic acids is 1. The average molecular weight is 491 g/mol. The molecular formula is C28H31FN4O3. The highest BCUT2D eigenvalue weighted by Gasteiger charge is 2.55. The number of aliphatic hydroxyl groups is 1. The largest absolute Gasteiger partial charge is 0.387 e. The number of amides is 2. The average Bonchev–Trinajstić information content (AvgIpc) is 3.36. The van der Waals surface area contributed by atoms with Crippen molar-refractivity contribution >= 4 is 6.03 Å². The van der Waals surface area contributed by atoms with Crippen molar-refractivity contribution in [3.8, 4) is 11.3 Å². The van der Waals surface area contributed by atoms with E-state index in [4.69, 9.17) is 0 Å². The van der Waals surface area contributed by atoms with Gasteiger partial charge in [0.2, 0.25) is 0 Å². The second-order valence-corrected chi connectivity index (χ2v) is 10.1. The second-order valence-electron chi connectivity index (χ2n) is 10.1. The first-order valence-corrected chi connectivity index (χ1v) is 12.5. The Morgan fingerprint density at radius 1 is 1.06 bits per heavy atom. The van der Waals surface area contributed by atoms with Crippen LogP contribution in [0.3, 0.4) is 0 Å². The minimum absolute atomic E-state index is 0.145. The molecule has 8 heteroatoms. The van der Waals surface area contributed by atoms with Gasteiger partial charge in [-0.3, -0.25) is 9.36 Å². The van der Waals surface area contributed by atoms with Gasteiger partial charge in [0.15, 0.2) is 0 Å². The summed E-state index contributed by atoms with van der Waals surface area (Å²) in [4.78, 5) is 32.1. The van der Waals surface area contributed by atoms with Crippen molar-refractivity contribution in [1.82, 2.24) is 19.8 Å². The van der Waals surface area contributed by atoms with Crippen LogP contribution in [0.1, 0.15) is 37.7 Å². The lowest BCUT2D eigenvalue weighted by molar-refractivity contribution is -0.135. The fourth-order valence-corrected chi connectivity index (χ4v) is 5.80. The first kappa shape index (κ1) is 24.2. The minimum Gasteiger partial charge on any atom is -0.387 e. The van der Waals surface area contributed by atoms with E-state index < -0.39 is 11.0 Å². The molecule has 1 unspecified atom stereocenters. The highest BCUT2D eigenvalue weighted by atomic mass is 19.1. The van der Waals surface area contributed by atoms with Crippen molar-refractivity contribution in [2.75, 3.05) is 13.1 Å². The number of hydrogen-bond donors (Lipinski definition) is 2. The molecule has 1 saturated heterocycles. The second kappa shape index (κ2) is 9.85. The fraction of sp³-hybridized carbons (Fsp3) is 0.393. The molecule has 36 heavy (non-hydrogen) atoms. The standard InChI is InChI=1S/C28H31FN4O3/c29-23-10-6-7-21(15-23)17-30-26(35)32-14-13-28(36,27(18-32)11-4-5-12-27)19-33-20-31-24(16-25(33)34)22-8-2-1-3-9-22/h1-3,6-10,15-16,20,36H,4-5,11-14,17-19H2,(H,30,35). The van der Waals surface area contributed by atoms with Crippen LogP contribution in [0.4, 0.5) is 9.18 Å². The van der Waals surface area contributed by atoms with E-state index >= 15 is 0 Å². The number of halogens is 1.